The fraction of sp³-hybridized carbons (Fsp3) is 0.222. The molecule has 0 atom stereocenters. The number of carbonyl (C=O) groups excluding carboxylic acids is 2. The molecule has 0 radical (unpaired) electrons. The van der Waals surface area contributed by atoms with Crippen LogP contribution >= 0.6 is 0 Å². The predicted molar refractivity (Wildman–Crippen MR) is 92.8 cm³/mol. The van der Waals surface area contributed by atoms with Gasteiger partial charge in [-0.05, 0) is 35.7 Å². The van der Waals surface area contributed by atoms with E-state index in [2.05, 4.69) is 30.0 Å². The average molecular weight is 327 g/mol. The summed E-state index contributed by atoms with van der Waals surface area (Å²) in [5.74, 6) is 0.587. The third-order valence-corrected chi connectivity index (χ3v) is 3.26. The first-order chi connectivity index (χ1) is 11.5. The van der Waals surface area contributed by atoms with Crippen LogP contribution in [0.1, 0.15) is 25.3 Å². The number of carbonyl (C=O) groups is 2. The fourth-order valence-corrected chi connectivity index (χ4v) is 1.94. The standard InChI is InChI=1S/C18H21N3O3/c1-13(2)14-8-10-16(11-9-14)24-12-17(22)20-21-18(23)19-15-6-4-3-5-7-15/h3-11,13H,12H2,1-2H3,(H,20,22)(H2,19,21,23). The van der Waals surface area contributed by atoms with Crippen LogP contribution in [0.2, 0.25) is 0 Å². The SMILES string of the molecule is CC(C)c1ccc(OCC(=O)NNC(=O)Nc2ccccc2)cc1. The average Bonchev–Trinajstić information content (AvgIpc) is 2.59. The molecule has 2 rings (SSSR count). The first-order valence-corrected chi connectivity index (χ1v) is 7.68. The van der Waals surface area contributed by atoms with Crippen molar-refractivity contribution in [2.75, 3.05) is 11.9 Å². The summed E-state index contributed by atoms with van der Waals surface area (Å²) >= 11 is 0. The Labute approximate surface area is 141 Å². The van der Waals surface area contributed by atoms with Crippen molar-refractivity contribution in [1.82, 2.24) is 10.9 Å². The minimum Gasteiger partial charge on any atom is -0.484 e. The molecule has 0 unspecified atom stereocenters. The van der Waals surface area contributed by atoms with Crippen molar-refractivity contribution in [2.45, 2.75) is 19.8 Å². The van der Waals surface area contributed by atoms with Gasteiger partial charge in [0.1, 0.15) is 5.75 Å². The summed E-state index contributed by atoms with van der Waals surface area (Å²) in [4.78, 5) is 23.3. The van der Waals surface area contributed by atoms with E-state index in [0.717, 1.165) is 0 Å². The largest absolute Gasteiger partial charge is 0.484 e. The van der Waals surface area contributed by atoms with Gasteiger partial charge in [-0.2, -0.15) is 0 Å². The summed E-state index contributed by atoms with van der Waals surface area (Å²) in [5.41, 5.74) is 6.37. The van der Waals surface area contributed by atoms with Gasteiger partial charge < -0.3 is 10.1 Å². The monoisotopic (exact) mass is 327 g/mol. The van der Waals surface area contributed by atoms with E-state index in [-0.39, 0.29) is 6.61 Å². The van der Waals surface area contributed by atoms with Gasteiger partial charge in [0.2, 0.25) is 0 Å². The molecule has 2 aromatic rings. The molecule has 0 saturated heterocycles. The Morgan fingerprint density at radius 3 is 2.25 bits per heavy atom. The zero-order valence-corrected chi connectivity index (χ0v) is 13.7. The molecule has 6 heteroatoms. The highest BCUT2D eigenvalue weighted by atomic mass is 16.5. The normalized spacial score (nSPS) is 10.1. The molecule has 0 spiro atoms. The lowest BCUT2D eigenvalue weighted by Gasteiger charge is -2.10. The number of benzene rings is 2. The van der Waals surface area contributed by atoms with Gasteiger partial charge in [0.05, 0.1) is 0 Å². The van der Waals surface area contributed by atoms with Crippen molar-refractivity contribution in [3.8, 4) is 5.75 Å². The van der Waals surface area contributed by atoms with E-state index in [9.17, 15) is 9.59 Å². The second-order valence-electron chi connectivity index (χ2n) is 5.51. The van der Waals surface area contributed by atoms with Crippen molar-refractivity contribution < 1.29 is 14.3 Å². The van der Waals surface area contributed by atoms with Crippen LogP contribution in [0.5, 0.6) is 5.75 Å². The summed E-state index contributed by atoms with van der Waals surface area (Å²) < 4.78 is 5.37. The highest BCUT2D eigenvalue weighted by Gasteiger charge is 2.06. The van der Waals surface area contributed by atoms with Crippen LogP contribution in [0.3, 0.4) is 0 Å². The molecule has 6 nitrogen and oxygen atoms in total. The highest BCUT2D eigenvalue weighted by molar-refractivity contribution is 5.91. The van der Waals surface area contributed by atoms with Crippen LogP contribution in [0, 0.1) is 0 Å². The van der Waals surface area contributed by atoms with Crippen LogP contribution in [-0.2, 0) is 4.79 Å². The van der Waals surface area contributed by atoms with E-state index in [0.29, 0.717) is 17.4 Å². The van der Waals surface area contributed by atoms with Crippen molar-refractivity contribution in [3.63, 3.8) is 0 Å². The maximum atomic E-state index is 11.7. The zero-order chi connectivity index (χ0) is 17.4. The Bertz CT molecular complexity index is 670. The van der Waals surface area contributed by atoms with Gasteiger partial charge in [-0.3, -0.25) is 10.2 Å². The molecular formula is C18H21N3O3. The van der Waals surface area contributed by atoms with Crippen LogP contribution in [0.15, 0.2) is 54.6 Å². The lowest BCUT2D eigenvalue weighted by Crippen LogP contribution is -2.45. The Morgan fingerprint density at radius 1 is 0.958 bits per heavy atom. The smallest absolute Gasteiger partial charge is 0.337 e. The molecule has 0 aliphatic carbocycles. The number of rotatable bonds is 5. The highest BCUT2D eigenvalue weighted by Crippen LogP contribution is 2.18. The van der Waals surface area contributed by atoms with Crippen molar-refractivity contribution in [3.05, 3.63) is 60.2 Å². The first-order valence-electron chi connectivity index (χ1n) is 7.68. The third-order valence-electron chi connectivity index (χ3n) is 3.26. The number of nitrogens with one attached hydrogen (secondary N) is 3. The van der Waals surface area contributed by atoms with Crippen molar-refractivity contribution in [2.24, 2.45) is 0 Å². The summed E-state index contributed by atoms with van der Waals surface area (Å²) in [6, 6.07) is 15.9. The number of para-hydroxylation sites is 1. The molecular weight excluding hydrogens is 306 g/mol. The van der Waals surface area contributed by atoms with Crippen molar-refractivity contribution in [1.29, 1.82) is 0 Å². The summed E-state index contributed by atoms with van der Waals surface area (Å²) in [5, 5.41) is 2.58. The minimum atomic E-state index is -0.532. The van der Waals surface area contributed by atoms with Gasteiger partial charge >= 0.3 is 6.03 Å². The number of hydrogen-bond donors (Lipinski definition) is 3. The molecule has 3 N–H and O–H groups in total. The second-order valence-corrected chi connectivity index (χ2v) is 5.51. The molecule has 0 saturated carbocycles. The molecule has 0 aliphatic rings. The van der Waals surface area contributed by atoms with Crippen LogP contribution in [-0.4, -0.2) is 18.5 Å². The molecule has 0 aliphatic heterocycles. The van der Waals surface area contributed by atoms with Gasteiger partial charge in [-0.1, -0.05) is 44.2 Å². The molecule has 0 fully saturated rings. The lowest BCUT2D eigenvalue weighted by molar-refractivity contribution is -0.123. The maximum Gasteiger partial charge on any atom is 0.337 e. The molecule has 3 amide bonds. The number of urea groups is 1. The predicted octanol–water partition coefficient (Wildman–Crippen LogP) is 3.04. The van der Waals surface area contributed by atoms with Crippen LogP contribution in [0.4, 0.5) is 10.5 Å². The Balaban J connectivity index is 1.70. The molecule has 126 valence electrons. The number of hydrogen-bond acceptors (Lipinski definition) is 3. The van der Waals surface area contributed by atoms with E-state index in [1.54, 1.807) is 24.3 Å². The Morgan fingerprint density at radius 2 is 1.62 bits per heavy atom. The number of anilines is 1. The summed E-state index contributed by atoms with van der Waals surface area (Å²) in [7, 11) is 0. The van der Waals surface area contributed by atoms with Crippen LogP contribution < -0.4 is 20.9 Å². The van der Waals surface area contributed by atoms with E-state index in [4.69, 9.17) is 4.74 Å². The zero-order valence-electron chi connectivity index (χ0n) is 13.7. The molecule has 0 heterocycles. The van der Waals surface area contributed by atoms with E-state index in [1.165, 1.54) is 5.56 Å². The van der Waals surface area contributed by atoms with Crippen LogP contribution in [0.25, 0.3) is 0 Å². The molecule has 0 aromatic heterocycles. The van der Waals surface area contributed by atoms with Crippen molar-refractivity contribution >= 4 is 17.6 Å². The molecule has 0 bridgehead atoms. The topological polar surface area (TPSA) is 79.5 Å². The lowest BCUT2D eigenvalue weighted by atomic mass is 10.0. The quantitative estimate of drug-likeness (QED) is 0.739. The fourth-order valence-electron chi connectivity index (χ4n) is 1.94. The Hall–Kier alpha value is -3.02. The van der Waals surface area contributed by atoms with E-state index < -0.39 is 11.9 Å². The van der Waals surface area contributed by atoms with Gasteiger partial charge in [-0.25, -0.2) is 10.2 Å². The summed E-state index contributed by atoms with van der Waals surface area (Å²) in [6.45, 7) is 4.03. The summed E-state index contributed by atoms with van der Waals surface area (Å²) in [6.07, 6.45) is 0. The maximum absolute atomic E-state index is 11.7. The third kappa shape index (κ3) is 5.64. The number of ether oxygens (including phenoxy) is 1. The molecule has 2 aromatic carbocycles. The van der Waals surface area contributed by atoms with Gasteiger partial charge in [-0.15, -0.1) is 0 Å². The van der Waals surface area contributed by atoms with Gasteiger partial charge in [0, 0.05) is 5.69 Å². The molecule has 24 heavy (non-hydrogen) atoms. The van der Waals surface area contributed by atoms with E-state index in [1.807, 2.05) is 30.3 Å². The number of hydrazine groups is 1. The first kappa shape index (κ1) is 17.3. The number of amides is 3. The minimum absolute atomic E-state index is 0.188. The van der Waals surface area contributed by atoms with Gasteiger partial charge in [0.25, 0.3) is 5.91 Å². The van der Waals surface area contributed by atoms with E-state index >= 15 is 0 Å². The van der Waals surface area contributed by atoms with Gasteiger partial charge in [0.15, 0.2) is 6.61 Å². The second kappa shape index (κ2) is 8.57. The Kier molecular flexibility index (Phi) is 6.19.